The number of carbonyl (C=O) groups excluding carboxylic acids is 1. The highest BCUT2D eigenvalue weighted by Gasteiger charge is 2.34. The summed E-state index contributed by atoms with van der Waals surface area (Å²) in [6.45, 7) is 2.20. The minimum absolute atomic E-state index is 0.194. The number of alkyl halides is 2. The van der Waals surface area contributed by atoms with Gasteiger partial charge < -0.3 is 10.2 Å². The first-order valence-electron chi connectivity index (χ1n) is 5.69. The summed E-state index contributed by atoms with van der Waals surface area (Å²) in [4.78, 5) is 20.4. The zero-order valence-electron chi connectivity index (χ0n) is 9.99. The summed E-state index contributed by atoms with van der Waals surface area (Å²) >= 11 is 0. The molecule has 1 aromatic rings. The Bertz CT molecular complexity index is 443. The second kappa shape index (κ2) is 4.83. The summed E-state index contributed by atoms with van der Waals surface area (Å²) < 4.78 is 26.1. The number of amides is 1. The van der Waals surface area contributed by atoms with Crippen molar-refractivity contribution in [2.24, 2.45) is 0 Å². The Balaban J connectivity index is 2.16. The maximum atomic E-state index is 13.0. The molecule has 1 aromatic heterocycles. The van der Waals surface area contributed by atoms with Crippen LogP contribution in [0.25, 0.3) is 0 Å². The summed E-state index contributed by atoms with van der Waals surface area (Å²) in [6, 6.07) is 1.62. The van der Waals surface area contributed by atoms with Crippen molar-refractivity contribution in [3.63, 3.8) is 0 Å². The lowest BCUT2D eigenvalue weighted by Gasteiger charge is -2.31. The first-order valence-corrected chi connectivity index (χ1v) is 5.69. The van der Waals surface area contributed by atoms with Gasteiger partial charge >= 0.3 is 0 Å². The van der Waals surface area contributed by atoms with Gasteiger partial charge in [0.15, 0.2) is 0 Å². The van der Waals surface area contributed by atoms with E-state index in [9.17, 15) is 13.6 Å². The summed E-state index contributed by atoms with van der Waals surface area (Å²) in [6.07, 6.45) is 0.136. The lowest BCUT2D eigenvalue weighted by Crippen LogP contribution is -2.40. The smallest absolute Gasteiger partial charge is 0.251 e. The van der Waals surface area contributed by atoms with E-state index in [1.54, 1.807) is 17.9 Å². The molecule has 0 saturated carbocycles. The summed E-state index contributed by atoms with van der Waals surface area (Å²) in [7, 11) is 0. The molecule has 2 rings (SSSR count). The SMILES string of the molecule is Cc1cc(NC=O)nc(N2CCC(F)(F)CC2)n1. The van der Waals surface area contributed by atoms with Gasteiger partial charge in [-0.25, -0.2) is 13.8 Å². The zero-order chi connectivity index (χ0) is 13.2. The highest BCUT2D eigenvalue weighted by molar-refractivity contribution is 5.69. The van der Waals surface area contributed by atoms with E-state index in [4.69, 9.17) is 0 Å². The lowest BCUT2D eigenvalue weighted by atomic mass is 10.1. The number of carbonyl (C=O) groups is 1. The Kier molecular flexibility index (Phi) is 3.40. The number of hydrogen-bond donors (Lipinski definition) is 1. The van der Waals surface area contributed by atoms with Crippen LogP contribution in [0.5, 0.6) is 0 Å². The highest BCUT2D eigenvalue weighted by atomic mass is 19.3. The van der Waals surface area contributed by atoms with Crippen molar-refractivity contribution in [2.45, 2.75) is 25.7 Å². The minimum atomic E-state index is -2.59. The van der Waals surface area contributed by atoms with E-state index < -0.39 is 5.92 Å². The van der Waals surface area contributed by atoms with Crippen molar-refractivity contribution < 1.29 is 13.6 Å². The van der Waals surface area contributed by atoms with Gasteiger partial charge in [-0.05, 0) is 6.92 Å². The summed E-state index contributed by atoms with van der Waals surface area (Å²) in [5, 5.41) is 2.44. The maximum absolute atomic E-state index is 13.0. The van der Waals surface area contributed by atoms with Gasteiger partial charge in [-0.15, -0.1) is 0 Å². The largest absolute Gasteiger partial charge is 0.340 e. The Hall–Kier alpha value is -1.79. The fourth-order valence-electron chi connectivity index (χ4n) is 1.86. The first kappa shape index (κ1) is 12.7. The molecule has 0 radical (unpaired) electrons. The molecular formula is C11H14F2N4O. The molecule has 1 aliphatic rings. The van der Waals surface area contributed by atoms with Gasteiger partial charge in [0.05, 0.1) is 0 Å². The van der Waals surface area contributed by atoms with E-state index in [1.807, 2.05) is 0 Å². The van der Waals surface area contributed by atoms with Gasteiger partial charge in [0.1, 0.15) is 5.82 Å². The van der Waals surface area contributed by atoms with Crippen LogP contribution in [-0.4, -0.2) is 35.4 Å². The molecule has 2 heterocycles. The van der Waals surface area contributed by atoms with Gasteiger partial charge in [-0.2, -0.15) is 4.98 Å². The second-order valence-electron chi connectivity index (χ2n) is 4.30. The number of hydrogen-bond acceptors (Lipinski definition) is 4. The number of piperidine rings is 1. The van der Waals surface area contributed by atoms with E-state index in [1.165, 1.54) is 0 Å². The average molecular weight is 256 g/mol. The van der Waals surface area contributed by atoms with Gasteiger partial charge in [-0.1, -0.05) is 0 Å². The van der Waals surface area contributed by atoms with Crippen LogP contribution in [0.1, 0.15) is 18.5 Å². The van der Waals surface area contributed by atoms with Crippen LogP contribution in [0.2, 0.25) is 0 Å². The maximum Gasteiger partial charge on any atom is 0.251 e. The number of aromatic nitrogens is 2. The van der Waals surface area contributed by atoms with E-state index in [-0.39, 0.29) is 25.9 Å². The van der Waals surface area contributed by atoms with Crippen LogP contribution in [0.15, 0.2) is 6.07 Å². The normalized spacial score (nSPS) is 18.5. The number of rotatable bonds is 3. The third-order valence-electron chi connectivity index (χ3n) is 2.83. The molecule has 0 unspecified atom stereocenters. The molecule has 1 N–H and O–H groups in total. The molecule has 1 aliphatic heterocycles. The molecule has 0 aromatic carbocycles. The molecule has 1 fully saturated rings. The van der Waals surface area contributed by atoms with Crippen LogP contribution in [-0.2, 0) is 4.79 Å². The number of anilines is 2. The molecular weight excluding hydrogens is 242 g/mol. The molecule has 18 heavy (non-hydrogen) atoms. The number of aryl methyl sites for hydroxylation is 1. The molecule has 5 nitrogen and oxygen atoms in total. The van der Waals surface area contributed by atoms with Crippen LogP contribution in [0.3, 0.4) is 0 Å². The fraction of sp³-hybridized carbons (Fsp3) is 0.545. The third kappa shape index (κ3) is 2.91. The standard InChI is InChI=1S/C11H14F2N4O/c1-8-6-9(14-7-18)16-10(15-8)17-4-2-11(12,13)3-5-17/h6-7H,2-5H2,1H3,(H,14,15,16,18). The molecule has 0 atom stereocenters. The first-order chi connectivity index (χ1) is 8.50. The van der Waals surface area contributed by atoms with Gasteiger partial charge in [0.2, 0.25) is 12.4 Å². The summed E-state index contributed by atoms with van der Waals surface area (Å²) in [5.74, 6) is -1.83. The van der Waals surface area contributed by atoms with Crippen molar-refractivity contribution in [3.8, 4) is 0 Å². The van der Waals surface area contributed by atoms with Crippen molar-refractivity contribution in [1.82, 2.24) is 9.97 Å². The molecule has 1 amide bonds. The van der Waals surface area contributed by atoms with Gasteiger partial charge in [0.25, 0.3) is 5.92 Å². The van der Waals surface area contributed by atoms with Crippen molar-refractivity contribution >= 4 is 18.2 Å². The third-order valence-corrected chi connectivity index (χ3v) is 2.83. The second-order valence-corrected chi connectivity index (χ2v) is 4.30. The van der Waals surface area contributed by atoms with Gasteiger partial charge in [-0.3, -0.25) is 4.79 Å². The summed E-state index contributed by atoms with van der Waals surface area (Å²) in [5.41, 5.74) is 0.682. The number of nitrogens with zero attached hydrogens (tertiary/aromatic N) is 3. The average Bonchev–Trinajstić information content (AvgIpc) is 2.28. The van der Waals surface area contributed by atoms with Crippen LogP contribution in [0.4, 0.5) is 20.5 Å². The van der Waals surface area contributed by atoms with E-state index >= 15 is 0 Å². The quantitative estimate of drug-likeness (QED) is 0.834. The minimum Gasteiger partial charge on any atom is -0.340 e. The van der Waals surface area contributed by atoms with E-state index in [0.29, 0.717) is 23.9 Å². The monoisotopic (exact) mass is 256 g/mol. The Morgan fingerprint density at radius 3 is 2.67 bits per heavy atom. The van der Waals surface area contributed by atoms with Gasteiger partial charge in [0, 0.05) is 37.7 Å². The van der Waals surface area contributed by atoms with Crippen LogP contribution in [0, 0.1) is 6.92 Å². The number of nitrogens with one attached hydrogen (secondary N) is 1. The predicted octanol–water partition coefficient (Wildman–Crippen LogP) is 1.59. The highest BCUT2D eigenvalue weighted by Crippen LogP contribution is 2.29. The molecule has 1 saturated heterocycles. The molecule has 0 spiro atoms. The Morgan fingerprint density at radius 1 is 1.39 bits per heavy atom. The molecule has 0 aliphatic carbocycles. The van der Waals surface area contributed by atoms with Crippen molar-refractivity contribution in [3.05, 3.63) is 11.8 Å². The molecule has 7 heteroatoms. The molecule has 0 bridgehead atoms. The van der Waals surface area contributed by atoms with Crippen LogP contribution >= 0.6 is 0 Å². The van der Waals surface area contributed by atoms with E-state index in [0.717, 1.165) is 0 Å². The Morgan fingerprint density at radius 2 is 2.06 bits per heavy atom. The van der Waals surface area contributed by atoms with Crippen LogP contribution < -0.4 is 10.2 Å². The predicted molar refractivity (Wildman–Crippen MR) is 62.8 cm³/mol. The molecule has 98 valence electrons. The van der Waals surface area contributed by atoms with E-state index in [2.05, 4.69) is 15.3 Å². The Labute approximate surface area is 103 Å². The lowest BCUT2D eigenvalue weighted by molar-refractivity contribution is -0.105. The topological polar surface area (TPSA) is 58.1 Å². The van der Waals surface area contributed by atoms with Crippen molar-refractivity contribution in [1.29, 1.82) is 0 Å². The zero-order valence-corrected chi connectivity index (χ0v) is 9.99. The number of halogens is 2. The van der Waals surface area contributed by atoms with Crippen molar-refractivity contribution in [2.75, 3.05) is 23.3 Å². The fourth-order valence-corrected chi connectivity index (χ4v) is 1.86.